The summed E-state index contributed by atoms with van der Waals surface area (Å²) in [6.07, 6.45) is -4.42. The van der Waals surface area contributed by atoms with E-state index >= 15 is 0 Å². The van der Waals surface area contributed by atoms with Crippen LogP contribution < -0.4 is 0 Å². The predicted octanol–water partition coefficient (Wildman–Crippen LogP) is 5.21. The highest BCUT2D eigenvalue weighted by Gasteiger charge is 2.31. The first kappa shape index (κ1) is 15.6. The van der Waals surface area contributed by atoms with E-state index < -0.39 is 11.7 Å². The van der Waals surface area contributed by atoms with Crippen LogP contribution in [0.3, 0.4) is 0 Å². The smallest absolute Gasteiger partial charge is 0.289 e. The number of aryl methyl sites for hydroxylation is 2. The molecule has 5 heteroatoms. The second-order valence-corrected chi connectivity index (χ2v) is 5.25. The molecule has 0 aliphatic carbocycles. The number of alkyl halides is 3. The maximum atomic E-state index is 12.6. The van der Waals surface area contributed by atoms with E-state index in [1.807, 2.05) is 0 Å². The minimum Gasteiger partial charge on any atom is -0.289 e. The molecule has 1 nitrogen and oxygen atoms in total. The summed E-state index contributed by atoms with van der Waals surface area (Å²) in [6, 6.07) is 7.99. The number of ketones is 1. The highest BCUT2D eigenvalue weighted by molar-refractivity contribution is 6.31. The number of benzene rings is 2. The zero-order chi connectivity index (χ0) is 15.8. The van der Waals surface area contributed by atoms with Crippen molar-refractivity contribution in [3.63, 3.8) is 0 Å². The molecule has 0 spiro atoms. The van der Waals surface area contributed by atoms with Gasteiger partial charge in [-0.05, 0) is 49.2 Å². The molecule has 0 bridgehead atoms. The maximum Gasteiger partial charge on any atom is 0.416 e. The predicted molar refractivity (Wildman–Crippen MR) is 75.8 cm³/mol. The Morgan fingerprint density at radius 1 is 0.952 bits per heavy atom. The molecule has 2 aromatic carbocycles. The average molecular weight is 313 g/mol. The van der Waals surface area contributed by atoms with Crippen LogP contribution in [-0.2, 0) is 6.18 Å². The Hall–Kier alpha value is -1.81. The summed E-state index contributed by atoms with van der Waals surface area (Å²) in [6.45, 7) is 3.24. The van der Waals surface area contributed by atoms with Crippen molar-refractivity contribution in [2.75, 3.05) is 0 Å². The average Bonchev–Trinajstić information content (AvgIpc) is 2.39. The van der Waals surface area contributed by atoms with Gasteiger partial charge in [-0.3, -0.25) is 4.79 Å². The van der Waals surface area contributed by atoms with Gasteiger partial charge in [0.05, 0.1) is 5.56 Å². The number of carbonyl (C=O) groups excluding carboxylic acids is 1. The van der Waals surface area contributed by atoms with Gasteiger partial charge in [-0.1, -0.05) is 23.7 Å². The second kappa shape index (κ2) is 5.53. The van der Waals surface area contributed by atoms with Crippen LogP contribution in [0, 0.1) is 13.8 Å². The fourth-order valence-corrected chi connectivity index (χ4v) is 2.25. The lowest BCUT2D eigenvalue weighted by molar-refractivity contribution is -0.137. The third kappa shape index (κ3) is 3.27. The zero-order valence-corrected chi connectivity index (χ0v) is 12.1. The molecule has 0 unspecified atom stereocenters. The first-order valence-corrected chi connectivity index (χ1v) is 6.56. The van der Waals surface area contributed by atoms with Gasteiger partial charge in [-0.2, -0.15) is 13.2 Å². The second-order valence-electron chi connectivity index (χ2n) is 4.82. The Morgan fingerprint density at radius 2 is 1.62 bits per heavy atom. The fourth-order valence-electron chi connectivity index (χ4n) is 2.08. The largest absolute Gasteiger partial charge is 0.416 e. The molecule has 0 aliphatic heterocycles. The Kier molecular flexibility index (Phi) is 4.10. The summed E-state index contributed by atoms with van der Waals surface area (Å²) >= 11 is 5.87. The van der Waals surface area contributed by atoms with Gasteiger partial charge < -0.3 is 0 Å². The van der Waals surface area contributed by atoms with E-state index in [-0.39, 0.29) is 16.9 Å². The van der Waals surface area contributed by atoms with E-state index in [9.17, 15) is 18.0 Å². The van der Waals surface area contributed by atoms with Crippen molar-refractivity contribution in [2.45, 2.75) is 20.0 Å². The number of carbonyl (C=O) groups is 1. The highest BCUT2D eigenvalue weighted by atomic mass is 35.5. The SMILES string of the molecule is Cc1cc(C(F)(F)F)ccc1C(=O)c1cc(Cl)ccc1C. The summed E-state index contributed by atoms with van der Waals surface area (Å²) < 4.78 is 37.9. The van der Waals surface area contributed by atoms with Crippen molar-refractivity contribution in [3.05, 3.63) is 69.2 Å². The fraction of sp³-hybridized carbons (Fsp3) is 0.188. The standard InChI is InChI=1S/C16H12ClF3O/c1-9-3-5-12(17)8-14(9)15(21)13-6-4-11(7-10(13)2)16(18,19)20/h3-8H,1-2H3. The molecule has 2 aromatic rings. The molecule has 0 radical (unpaired) electrons. The highest BCUT2D eigenvalue weighted by Crippen LogP contribution is 2.31. The molecule has 110 valence electrons. The van der Waals surface area contributed by atoms with Crippen LogP contribution in [0.2, 0.25) is 5.02 Å². The monoisotopic (exact) mass is 312 g/mol. The van der Waals surface area contributed by atoms with Gasteiger partial charge >= 0.3 is 6.18 Å². The lowest BCUT2D eigenvalue weighted by atomic mass is 9.95. The van der Waals surface area contributed by atoms with Gasteiger partial charge in [0.25, 0.3) is 0 Å². The molecule has 0 atom stereocenters. The van der Waals surface area contributed by atoms with Crippen LogP contribution in [0.5, 0.6) is 0 Å². The number of hydrogen-bond donors (Lipinski definition) is 0. The van der Waals surface area contributed by atoms with E-state index in [4.69, 9.17) is 11.6 Å². The molecule has 21 heavy (non-hydrogen) atoms. The van der Waals surface area contributed by atoms with Gasteiger partial charge in [0, 0.05) is 16.1 Å². The van der Waals surface area contributed by atoms with Crippen LogP contribution in [0.15, 0.2) is 36.4 Å². The zero-order valence-electron chi connectivity index (χ0n) is 11.4. The molecule has 2 rings (SSSR count). The topological polar surface area (TPSA) is 17.1 Å². The molecule has 0 amide bonds. The van der Waals surface area contributed by atoms with Crippen LogP contribution in [-0.4, -0.2) is 5.78 Å². The van der Waals surface area contributed by atoms with Crippen LogP contribution in [0.25, 0.3) is 0 Å². The maximum absolute atomic E-state index is 12.6. The van der Waals surface area contributed by atoms with E-state index in [1.165, 1.54) is 19.1 Å². The van der Waals surface area contributed by atoms with Crippen LogP contribution >= 0.6 is 11.6 Å². The summed E-state index contributed by atoms with van der Waals surface area (Å²) in [5.74, 6) is -0.332. The van der Waals surface area contributed by atoms with Gasteiger partial charge in [-0.15, -0.1) is 0 Å². The first-order valence-electron chi connectivity index (χ1n) is 6.19. The third-order valence-corrected chi connectivity index (χ3v) is 3.48. The molecular formula is C16H12ClF3O. The third-order valence-electron chi connectivity index (χ3n) is 3.24. The van der Waals surface area contributed by atoms with Gasteiger partial charge in [0.15, 0.2) is 5.78 Å². The quantitative estimate of drug-likeness (QED) is 0.696. The van der Waals surface area contributed by atoms with Crippen LogP contribution in [0.4, 0.5) is 13.2 Å². The molecule has 0 aliphatic rings. The summed E-state index contributed by atoms with van der Waals surface area (Å²) in [7, 11) is 0. The molecule has 0 heterocycles. The van der Waals surface area contributed by atoms with E-state index in [0.29, 0.717) is 10.6 Å². The number of hydrogen-bond acceptors (Lipinski definition) is 1. The minimum atomic E-state index is -4.42. The summed E-state index contributed by atoms with van der Waals surface area (Å²) in [5.41, 5.74) is 0.885. The lowest BCUT2D eigenvalue weighted by Gasteiger charge is -2.11. The normalized spacial score (nSPS) is 11.5. The Labute approximate surface area is 125 Å². The molecular weight excluding hydrogens is 301 g/mol. The van der Waals surface area contributed by atoms with Crippen molar-refractivity contribution in [3.8, 4) is 0 Å². The van der Waals surface area contributed by atoms with Crippen molar-refractivity contribution in [1.29, 1.82) is 0 Å². The Bertz CT molecular complexity index is 705. The Morgan fingerprint density at radius 3 is 2.19 bits per heavy atom. The van der Waals surface area contributed by atoms with Crippen molar-refractivity contribution in [2.24, 2.45) is 0 Å². The van der Waals surface area contributed by atoms with Crippen molar-refractivity contribution >= 4 is 17.4 Å². The van der Waals surface area contributed by atoms with E-state index in [2.05, 4.69) is 0 Å². The van der Waals surface area contributed by atoms with E-state index in [1.54, 1.807) is 19.1 Å². The number of rotatable bonds is 2. The minimum absolute atomic E-state index is 0.244. The van der Waals surface area contributed by atoms with Gasteiger partial charge in [-0.25, -0.2) is 0 Å². The molecule has 0 saturated carbocycles. The van der Waals surface area contributed by atoms with Gasteiger partial charge in [0.1, 0.15) is 0 Å². The molecule has 0 aromatic heterocycles. The molecule has 0 fully saturated rings. The summed E-state index contributed by atoms with van der Waals surface area (Å²) in [5, 5.41) is 0.411. The van der Waals surface area contributed by atoms with Crippen molar-refractivity contribution < 1.29 is 18.0 Å². The van der Waals surface area contributed by atoms with Crippen molar-refractivity contribution in [1.82, 2.24) is 0 Å². The first-order chi connectivity index (χ1) is 9.70. The summed E-state index contributed by atoms with van der Waals surface area (Å²) in [4.78, 5) is 12.5. The van der Waals surface area contributed by atoms with Gasteiger partial charge in [0.2, 0.25) is 0 Å². The molecule has 0 saturated heterocycles. The number of halogens is 4. The van der Waals surface area contributed by atoms with E-state index in [0.717, 1.165) is 17.7 Å². The Balaban J connectivity index is 2.47. The lowest BCUT2D eigenvalue weighted by Crippen LogP contribution is -2.09. The molecule has 0 N–H and O–H groups in total. The van der Waals surface area contributed by atoms with Crippen LogP contribution in [0.1, 0.15) is 32.6 Å².